The van der Waals surface area contributed by atoms with Gasteiger partial charge in [-0.05, 0) is 55.0 Å². The molecular formula is C17H19ClFN. The number of aryl methyl sites for hydroxylation is 2. The number of hydrogen-bond donors (Lipinski definition) is 1. The molecule has 2 aromatic rings. The van der Waals surface area contributed by atoms with E-state index in [1.165, 1.54) is 17.2 Å². The van der Waals surface area contributed by atoms with Gasteiger partial charge < -0.3 is 5.73 Å². The van der Waals surface area contributed by atoms with E-state index >= 15 is 0 Å². The summed E-state index contributed by atoms with van der Waals surface area (Å²) in [5.74, 6) is -0.385. The van der Waals surface area contributed by atoms with Crippen LogP contribution in [0, 0.1) is 12.7 Å². The van der Waals surface area contributed by atoms with Crippen molar-refractivity contribution >= 4 is 11.6 Å². The first kappa shape index (κ1) is 15.0. The van der Waals surface area contributed by atoms with Crippen molar-refractivity contribution in [2.45, 2.75) is 32.2 Å². The normalized spacial score (nSPS) is 12.4. The summed E-state index contributed by atoms with van der Waals surface area (Å²) in [6.07, 6.45) is 2.58. The Balaban J connectivity index is 1.91. The van der Waals surface area contributed by atoms with Gasteiger partial charge in [-0.15, -0.1) is 0 Å². The largest absolute Gasteiger partial charge is 0.327 e. The van der Waals surface area contributed by atoms with Gasteiger partial charge in [0.25, 0.3) is 0 Å². The topological polar surface area (TPSA) is 26.0 Å². The van der Waals surface area contributed by atoms with E-state index in [0.29, 0.717) is 6.42 Å². The Morgan fingerprint density at radius 2 is 1.95 bits per heavy atom. The summed E-state index contributed by atoms with van der Waals surface area (Å²) in [7, 11) is 0. The van der Waals surface area contributed by atoms with Crippen LogP contribution in [0.3, 0.4) is 0 Å². The maximum absolute atomic E-state index is 13.1. The Bertz CT molecular complexity index is 583. The fourth-order valence-corrected chi connectivity index (χ4v) is 2.51. The van der Waals surface area contributed by atoms with Crippen molar-refractivity contribution in [3.8, 4) is 0 Å². The highest BCUT2D eigenvalue weighted by Crippen LogP contribution is 2.18. The average Bonchev–Trinajstić information content (AvgIpc) is 2.42. The molecule has 0 saturated carbocycles. The lowest BCUT2D eigenvalue weighted by molar-refractivity contribution is 0.604. The van der Waals surface area contributed by atoms with Crippen LogP contribution in [0.15, 0.2) is 42.5 Å². The second-order valence-corrected chi connectivity index (χ2v) is 5.59. The summed E-state index contributed by atoms with van der Waals surface area (Å²) >= 11 is 5.78. The van der Waals surface area contributed by atoms with Gasteiger partial charge in [0.1, 0.15) is 5.82 Å². The van der Waals surface area contributed by atoms with Gasteiger partial charge in [0.15, 0.2) is 0 Å². The molecule has 0 radical (unpaired) electrons. The zero-order chi connectivity index (χ0) is 14.5. The second-order valence-electron chi connectivity index (χ2n) is 5.18. The SMILES string of the molecule is Cc1ccccc1CCC(N)Cc1ccc(F)c(Cl)c1. The van der Waals surface area contributed by atoms with E-state index in [1.807, 2.05) is 12.1 Å². The standard InChI is InChI=1S/C17H19ClFN/c1-12-4-2-3-5-14(12)7-8-15(20)10-13-6-9-17(19)16(18)11-13/h2-6,9,11,15H,7-8,10,20H2,1H3. The number of rotatable bonds is 5. The monoisotopic (exact) mass is 291 g/mol. The predicted molar refractivity (Wildman–Crippen MR) is 82.6 cm³/mol. The molecule has 3 heteroatoms. The maximum Gasteiger partial charge on any atom is 0.141 e. The highest BCUT2D eigenvalue weighted by Gasteiger charge is 2.08. The number of halogens is 2. The van der Waals surface area contributed by atoms with E-state index in [4.69, 9.17) is 17.3 Å². The van der Waals surface area contributed by atoms with Crippen molar-refractivity contribution in [2.24, 2.45) is 5.73 Å². The first-order chi connectivity index (χ1) is 9.56. The molecule has 0 aromatic heterocycles. The Kier molecular flexibility index (Phi) is 5.16. The van der Waals surface area contributed by atoms with Crippen LogP contribution in [0.1, 0.15) is 23.1 Å². The first-order valence-electron chi connectivity index (χ1n) is 6.80. The summed E-state index contributed by atoms with van der Waals surface area (Å²) in [5.41, 5.74) is 9.76. The minimum atomic E-state index is -0.385. The molecule has 2 N–H and O–H groups in total. The van der Waals surface area contributed by atoms with Crippen LogP contribution in [-0.2, 0) is 12.8 Å². The Morgan fingerprint density at radius 1 is 1.20 bits per heavy atom. The Labute approximate surface area is 124 Å². The summed E-state index contributed by atoms with van der Waals surface area (Å²) < 4.78 is 13.1. The maximum atomic E-state index is 13.1. The third-order valence-corrected chi connectivity index (χ3v) is 3.82. The molecule has 1 atom stereocenters. The van der Waals surface area contributed by atoms with Crippen LogP contribution in [0.5, 0.6) is 0 Å². The number of nitrogens with two attached hydrogens (primary N) is 1. The van der Waals surface area contributed by atoms with Crippen molar-refractivity contribution in [3.63, 3.8) is 0 Å². The molecule has 0 aliphatic rings. The van der Waals surface area contributed by atoms with E-state index in [0.717, 1.165) is 18.4 Å². The van der Waals surface area contributed by atoms with Gasteiger partial charge in [0.05, 0.1) is 5.02 Å². The highest BCUT2D eigenvalue weighted by molar-refractivity contribution is 6.30. The van der Waals surface area contributed by atoms with Crippen LogP contribution in [0.25, 0.3) is 0 Å². The molecule has 0 fully saturated rings. The van der Waals surface area contributed by atoms with E-state index in [-0.39, 0.29) is 16.9 Å². The molecule has 1 unspecified atom stereocenters. The average molecular weight is 292 g/mol. The molecule has 0 amide bonds. The van der Waals surface area contributed by atoms with Crippen LogP contribution < -0.4 is 5.73 Å². The van der Waals surface area contributed by atoms with Crippen molar-refractivity contribution < 1.29 is 4.39 Å². The molecule has 1 nitrogen and oxygen atoms in total. The lowest BCUT2D eigenvalue weighted by atomic mass is 9.97. The van der Waals surface area contributed by atoms with Crippen molar-refractivity contribution in [2.75, 3.05) is 0 Å². The number of benzene rings is 2. The number of hydrogen-bond acceptors (Lipinski definition) is 1. The molecule has 0 bridgehead atoms. The van der Waals surface area contributed by atoms with Crippen LogP contribution in [0.2, 0.25) is 5.02 Å². The minimum Gasteiger partial charge on any atom is -0.327 e. The molecule has 0 spiro atoms. The molecule has 2 aromatic carbocycles. The lowest BCUT2D eigenvalue weighted by Gasteiger charge is -2.13. The quantitative estimate of drug-likeness (QED) is 0.874. The third kappa shape index (κ3) is 4.06. The lowest BCUT2D eigenvalue weighted by Crippen LogP contribution is -2.23. The van der Waals surface area contributed by atoms with Gasteiger partial charge in [-0.1, -0.05) is 41.9 Å². The van der Waals surface area contributed by atoms with E-state index in [2.05, 4.69) is 19.1 Å². The van der Waals surface area contributed by atoms with Crippen LogP contribution in [0.4, 0.5) is 4.39 Å². The molecular weight excluding hydrogens is 273 g/mol. The molecule has 0 saturated heterocycles. The van der Waals surface area contributed by atoms with Crippen LogP contribution >= 0.6 is 11.6 Å². The summed E-state index contributed by atoms with van der Waals surface area (Å²) in [4.78, 5) is 0. The van der Waals surface area contributed by atoms with Gasteiger partial charge >= 0.3 is 0 Å². The minimum absolute atomic E-state index is 0.0520. The van der Waals surface area contributed by atoms with Crippen molar-refractivity contribution in [1.82, 2.24) is 0 Å². The van der Waals surface area contributed by atoms with Crippen molar-refractivity contribution in [1.29, 1.82) is 0 Å². The fourth-order valence-electron chi connectivity index (χ4n) is 2.30. The second kappa shape index (κ2) is 6.87. The zero-order valence-corrected chi connectivity index (χ0v) is 12.3. The summed E-state index contributed by atoms with van der Waals surface area (Å²) in [6.45, 7) is 2.11. The summed E-state index contributed by atoms with van der Waals surface area (Å²) in [5, 5.41) is 0.161. The van der Waals surface area contributed by atoms with E-state index in [9.17, 15) is 4.39 Å². The first-order valence-corrected chi connectivity index (χ1v) is 7.18. The molecule has 0 aliphatic heterocycles. The molecule has 0 aliphatic carbocycles. The van der Waals surface area contributed by atoms with Gasteiger partial charge in [0, 0.05) is 6.04 Å². The highest BCUT2D eigenvalue weighted by atomic mass is 35.5. The van der Waals surface area contributed by atoms with Crippen molar-refractivity contribution in [3.05, 3.63) is 70.0 Å². The van der Waals surface area contributed by atoms with E-state index < -0.39 is 0 Å². The Morgan fingerprint density at radius 3 is 2.65 bits per heavy atom. The summed E-state index contributed by atoms with van der Waals surface area (Å²) in [6, 6.07) is 13.2. The van der Waals surface area contributed by atoms with E-state index in [1.54, 1.807) is 12.1 Å². The molecule has 0 heterocycles. The van der Waals surface area contributed by atoms with Gasteiger partial charge in [-0.25, -0.2) is 4.39 Å². The predicted octanol–water partition coefficient (Wildman–Crippen LogP) is 4.29. The molecule has 2 rings (SSSR count). The fraction of sp³-hybridized carbons (Fsp3) is 0.294. The van der Waals surface area contributed by atoms with Gasteiger partial charge in [-0.3, -0.25) is 0 Å². The Hall–Kier alpha value is -1.38. The molecule has 106 valence electrons. The third-order valence-electron chi connectivity index (χ3n) is 3.53. The molecule has 20 heavy (non-hydrogen) atoms. The smallest absolute Gasteiger partial charge is 0.141 e. The van der Waals surface area contributed by atoms with Crippen LogP contribution in [-0.4, -0.2) is 6.04 Å². The van der Waals surface area contributed by atoms with Gasteiger partial charge in [-0.2, -0.15) is 0 Å². The van der Waals surface area contributed by atoms with Gasteiger partial charge in [0.2, 0.25) is 0 Å². The zero-order valence-electron chi connectivity index (χ0n) is 11.6.